The summed E-state index contributed by atoms with van der Waals surface area (Å²) in [4.78, 5) is 23.8. The van der Waals surface area contributed by atoms with Gasteiger partial charge in [-0.15, -0.1) is 0 Å². The summed E-state index contributed by atoms with van der Waals surface area (Å²) in [6.45, 7) is 6.72. The van der Waals surface area contributed by atoms with Crippen LogP contribution in [0.1, 0.15) is 28.7 Å². The predicted octanol–water partition coefficient (Wildman–Crippen LogP) is 2.86. The summed E-state index contributed by atoms with van der Waals surface area (Å²) in [6, 6.07) is 13.9. The van der Waals surface area contributed by atoms with Gasteiger partial charge in [-0.1, -0.05) is 42.5 Å². The summed E-state index contributed by atoms with van der Waals surface area (Å²) < 4.78 is 5.68. The average molecular weight is 368 g/mol. The number of carbonyl (C=O) groups is 2. The maximum absolute atomic E-state index is 11.9. The van der Waals surface area contributed by atoms with Crippen LogP contribution in [0.5, 0.6) is 5.75 Å². The molecule has 0 aliphatic carbocycles. The van der Waals surface area contributed by atoms with Crippen molar-refractivity contribution in [1.82, 2.24) is 10.6 Å². The van der Waals surface area contributed by atoms with Gasteiger partial charge in [0.15, 0.2) is 6.61 Å². The monoisotopic (exact) mass is 368 g/mol. The van der Waals surface area contributed by atoms with Crippen molar-refractivity contribution in [1.29, 1.82) is 0 Å². The maximum Gasteiger partial charge on any atom is 0.258 e. The van der Waals surface area contributed by atoms with E-state index in [1.165, 1.54) is 0 Å². The first-order chi connectivity index (χ1) is 13.0. The largest absolute Gasteiger partial charge is 0.483 e. The second-order valence-corrected chi connectivity index (χ2v) is 6.63. The van der Waals surface area contributed by atoms with Gasteiger partial charge in [0.1, 0.15) is 5.75 Å². The van der Waals surface area contributed by atoms with Crippen LogP contribution in [0.4, 0.5) is 0 Å². The van der Waals surface area contributed by atoms with Crippen molar-refractivity contribution < 1.29 is 14.3 Å². The highest BCUT2D eigenvalue weighted by molar-refractivity contribution is 5.78. The van der Waals surface area contributed by atoms with E-state index < -0.39 is 0 Å². The van der Waals surface area contributed by atoms with Crippen LogP contribution in [-0.4, -0.2) is 31.5 Å². The summed E-state index contributed by atoms with van der Waals surface area (Å²) in [5.41, 5.74) is 4.33. The molecule has 5 heteroatoms. The lowest BCUT2D eigenvalue weighted by Gasteiger charge is -2.14. The first kappa shape index (κ1) is 20.5. The lowest BCUT2D eigenvalue weighted by Crippen LogP contribution is -2.36. The van der Waals surface area contributed by atoms with E-state index in [0.717, 1.165) is 28.0 Å². The van der Waals surface area contributed by atoms with Gasteiger partial charge in [0.05, 0.1) is 0 Å². The van der Waals surface area contributed by atoms with Gasteiger partial charge in [0, 0.05) is 19.5 Å². The van der Waals surface area contributed by atoms with Crippen molar-refractivity contribution in [3.8, 4) is 5.75 Å². The number of hydrogen-bond donors (Lipinski definition) is 2. The molecule has 2 rings (SSSR count). The Morgan fingerprint density at radius 3 is 2.19 bits per heavy atom. The Kier molecular flexibility index (Phi) is 7.86. The highest BCUT2D eigenvalue weighted by Crippen LogP contribution is 2.25. The van der Waals surface area contributed by atoms with Gasteiger partial charge in [0.25, 0.3) is 5.91 Å². The lowest BCUT2D eigenvalue weighted by molar-refractivity contribution is -0.124. The minimum atomic E-state index is -0.200. The molecule has 0 atom stereocenters. The minimum Gasteiger partial charge on any atom is -0.483 e. The summed E-state index contributed by atoms with van der Waals surface area (Å²) in [5.74, 6) is 0.545. The average Bonchev–Trinajstić information content (AvgIpc) is 2.67. The molecule has 5 nitrogen and oxygen atoms in total. The molecule has 0 bridgehead atoms. The standard InChI is InChI=1S/C22H28N2O3/c1-16-9-10-17(2)22(18(16)3)27-15-21(26)24-14-13-23-20(25)12-11-19-7-5-4-6-8-19/h4-10H,11-15H2,1-3H3,(H,23,25)(H,24,26). The van der Waals surface area contributed by atoms with E-state index in [0.29, 0.717) is 25.9 Å². The number of amides is 2. The molecule has 0 heterocycles. The van der Waals surface area contributed by atoms with Gasteiger partial charge in [-0.2, -0.15) is 0 Å². The predicted molar refractivity (Wildman–Crippen MR) is 107 cm³/mol. The first-order valence-electron chi connectivity index (χ1n) is 9.24. The third-order valence-electron chi connectivity index (χ3n) is 4.47. The molecular formula is C22H28N2O3. The number of ether oxygens (including phenoxy) is 1. The number of nitrogens with one attached hydrogen (secondary N) is 2. The van der Waals surface area contributed by atoms with Crippen LogP contribution >= 0.6 is 0 Å². The number of benzene rings is 2. The smallest absolute Gasteiger partial charge is 0.258 e. The Bertz CT molecular complexity index is 773. The van der Waals surface area contributed by atoms with Gasteiger partial charge in [-0.25, -0.2) is 0 Å². The number of hydrogen-bond acceptors (Lipinski definition) is 3. The van der Waals surface area contributed by atoms with Crippen molar-refractivity contribution in [2.45, 2.75) is 33.6 Å². The Morgan fingerprint density at radius 1 is 0.852 bits per heavy atom. The Balaban J connectivity index is 1.62. The Morgan fingerprint density at radius 2 is 1.48 bits per heavy atom. The minimum absolute atomic E-state index is 0.0182. The van der Waals surface area contributed by atoms with E-state index in [-0.39, 0.29) is 18.4 Å². The highest BCUT2D eigenvalue weighted by Gasteiger charge is 2.09. The molecule has 0 aliphatic heterocycles. The quantitative estimate of drug-likeness (QED) is 0.669. The molecule has 0 unspecified atom stereocenters. The van der Waals surface area contributed by atoms with Crippen LogP contribution in [0.15, 0.2) is 42.5 Å². The van der Waals surface area contributed by atoms with E-state index in [4.69, 9.17) is 4.74 Å². The van der Waals surface area contributed by atoms with E-state index in [9.17, 15) is 9.59 Å². The van der Waals surface area contributed by atoms with Crippen molar-refractivity contribution >= 4 is 11.8 Å². The summed E-state index contributed by atoms with van der Waals surface area (Å²) in [6.07, 6.45) is 1.15. The fraction of sp³-hybridized carbons (Fsp3) is 0.364. The van der Waals surface area contributed by atoms with Gasteiger partial charge in [0.2, 0.25) is 5.91 Å². The zero-order chi connectivity index (χ0) is 19.6. The van der Waals surface area contributed by atoms with Gasteiger partial charge < -0.3 is 15.4 Å². The number of aryl methyl sites for hydroxylation is 3. The third kappa shape index (κ3) is 6.77. The van der Waals surface area contributed by atoms with Crippen LogP contribution in [0.2, 0.25) is 0 Å². The van der Waals surface area contributed by atoms with Crippen molar-refractivity contribution in [3.63, 3.8) is 0 Å². The molecule has 27 heavy (non-hydrogen) atoms. The molecule has 0 radical (unpaired) electrons. The lowest BCUT2D eigenvalue weighted by atomic mass is 10.1. The zero-order valence-corrected chi connectivity index (χ0v) is 16.3. The molecule has 144 valence electrons. The molecule has 0 aromatic heterocycles. The molecule has 0 saturated carbocycles. The normalized spacial score (nSPS) is 10.3. The van der Waals surface area contributed by atoms with E-state index in [2.05, 4.69) is 10.6 Å². The zero-order valence-electron chi connectivity index (χ0n) is 16.3. The molecule has 2 aromatic carbocycles. The summed E-state index contributed by atoms with van der Waals surface area (Å²) in [5, 5.41) is 5.57. The van der Waals surface area contributed by atoms with Crippen molar-refractivity contribution in [2.75, 3.05) is 19.7 Å². The molecule has 0 saturated heterocycles. The molecule has 0 aliphatic rings. The highest BCUT2D eigenvalue weighted by atomic mass is 16.5. The SMILES string of the molecule is Cc1ccc(C)c(OCC(=O)NCCNC(=O)CCc2ccccc2)c1C. The maximum atomic E-state index is 11.9. The van der Waals surface area contributed by atoms with Crippen molar-refractivity contribution in [3.05, 3.63) is 64.7 Å². The van der Waals surface area contributed by atoms with Crippen LogP contribution in [0.25, 0.3) is 0 Å². The van der Waals surface area contributed by atoms with Gasteiger partial charge in [-0.3, -0.25) is 9.59 Å². The Labute approximate surface area is 161 Å². The van der Waals surface area contributed by atoms with E-state index in [1.807, 2.05) is 63.2 Å². The molecule has 2 amide bonds. The van der Waals surface area contributed by atoms with Crippen LogP contribution in [0.3, 0.4) is 0 Å². The summed E-state index contributed by atoms with van der Waals surface area (Å²) >= 11 is 0. The second-order valence-electron chi connectivity index (χ2n) is 6.63. The third-order valence-corrected chi connectivity index (χ3v) is 4.47. The fourth-order valence-electron chi connectivity index (χ4n) is 2.73. The molecule has 0 fully saturated rings. The molecule has 2 aromatic rings. The molecule has 0 spiro atoms. The van der Waals surface area contributed by atoms with Gasteiger partial charge in [-0.05, 0) is 49.4 Å². The second kappa shape index (κ2) is 10.4. The topological polar surface area (TPSA) is 67.4 Å². The van der Waals surface area contributed by atoms with Gasteiger partial charge >= 0.3 is 0 Å². The fourth-order valence-corrected chi connectivity index (χ4v) is 2.73. The number of rotatable bonds is 9. The van der Waals surface area contributed by atoms with Crippen LogP contribution < -0.4 is 15.4 Å². The first-order valence-corrected chi connectivity index (χ1v) is 9.24. The Hall–Kier alpha value is -2.82. The van der Waals surface area contributed by atoms with Crippen molar-refractivity contribution in [2.24, 2.45) is 0 Å². The molecular weight excluding hydrogens is 340 g/mol. The summed E-state index contributed by atoms with van der Waals surface area (Å²) in [7, 11) is 0. The van der Waals surface area contributed by atoms with Crippen LogP contribution in [-0.2, 0) is 16.0 Å². The van der Waals surface area contributed by atoms with Crippen LogP contribution in [0, 0.1) is 20.8 Å². The number of carbonyl (C=O) groups excluding carboxylic acids is 2. The van der Waals surface area contributed by atoms with E-state index in [1.54, 1.807) is 0 Å². The molecule has 2 N–H and O–H groups in total. The van der Waals surface area contributed by atoms with E-state index >= 15 is 0 Å².